The molecule has 62 valence electrons. The standard InChI is InChI=1S/C8H6O4.2Na/c9-7(10)5-2-1-3-6(4-5)8(11)12;;/h1-4H,(H,9,10)(H,11,12);;/q;2*+1/p-2. The molecular weight excluding hydrogens is 206 g/mol. The van der Waals surface area contributed by atoms with E-state index >= 15 is 0 Å². The van der Waals surface area contributed by atoms with Gasteiger partial charge in [0.1, 0.15) is 0 Å². The van der Waals surface area contributed by atoms with E-state index in [0.717, 1.165) is 6.07 Å². The first kappa shape index (κ1) is 16.6. The maximum atomic E-state index is 10.3. The zero-order chi connectivity index (χ0) is 9.14. The summed E-state index contributed by atoms with van der Waals surface area (Å²) in [4.78, 5) is 20.5. The average molecular weight is 210 g/mol. The van der Waals surface area contributed by atoms with E-state index in [4.69, 9.17) is 0 Å². The quantitative estimate of drug-likeness (QED) is 0.454. The van der Waals surface area contributed by atoms with Crippen molar-refractivity contribution in [2.24, 2.45) is 0 Å². The molecule has 1 aromatic carbocycles. The number of aromatic carboxylic acids is 2. The molecule has 0 amide bonds. The van der Waals surface area contributed by atoms with Crippen LogP contribution in [0.5, 0.6) is 0 Å². The van der Waals surface area contributed by atoms with E-state index in [0.29, 0.717) is 0 Å². The maximum Gasteiger partial charge on any atom is 1.00 e. The van der Waals surface area contributed by atoms with Gasteiger partial charge in [-0.1, -0.05) is 18.2 Å². The summed E-state index contributed by atoms with van der Waals surface area (Å²) >= 11 is 0. The van der Waals surface area contributed by atoms with Crippen LogP contribution in [0.4, 0.5) is 0 Å². The molecule has 0 spiro atoms. The molecule has 14 heavy (non-hydrogen) atoms. The predicted octanol–water partition coefficient (Wildman–Crippen LogP) is -7.58. The Kier molecular flexibility index (Phi) is 8.83. The summed E-state index contributed by atoms with van der Waals surface area (Å²) in [5, 5.41) is 20.5. The molecule has 1 aromatic rings. The molecule has 0 N–H and O–H groups in total. The van der Waals surface area contributed by atoms with Crippen molar-refractivity contribution in [1.29, 1.82) is 0 Å². The van der Waals surface area contributed by atoms with Crippen molar-refractivity contribution < 1.29 is 78.9 Å². The van der Waals surface area contributed by atoms with Gasteiger partial charge in [0, 0.05) is 0 Å². The van der Waals surface area contributed by atoms with Crippen LogP contribution in [0.3, 0.4) is 0 Å². The predicted molar refractivity (Wildman–Crippen MR) is 35.1 cm³/mol. The summed E-state index contributed by atoms with van der Waals surface area (Å²) in [6.07, 6.45) is 0. The number of carbonyl (C=O) groups is 2. The molecule has 0 unspecified atom stereocenters. The molecule has 0 radical (unpaired) electrons. The molecule has 4 nitrogen and oxygen atoms in total. The van der Waals surface area contributed by atoms with Gasteiger partial charge in [-0.2, -0.15) is 0 Å². The summed E-state index contributed by atoms with van der Waals surface area (Å²) in [5.74, 6) is -2.81. The Bertz CT molecular complexity index is 309. The van der Waals surface area contributed by atoms with E-state index in [1.165, 1.54) is 18.2 Å². The van der Waals surface area contributed by atoms with Crippen LogP contribution < -0.4 is 69.3 Å². The topological polar surface area (TPSA) is 80.3 Å². The molecular formula is C8H4Na2O4. The first-order valence-electron chi connectivity index (χ1n) is 3.14. The number of carboxylic acids is 2. The van der Waals surface area contributed by atoms with Gasteiger partial charge in [-0.15, -0.1) is 0 Å². The largest absolute Gasteiger partial charge is 1.00 e. The number of hydrogen-bond acceptors (Lipinski definition) is 4. The Morgan fingerprint density at radius 2 is 1.29 bits per heavy atom. The van der Waals surface area contributed by atoms with Crippen molar-refractivity contribution in [2.45, 2.75) is 0 Å². The van der Waals surface area contributed by atoms with E-state index in [1.807, 2.05) is 0 Å². The molecule has 0 fully saturated rings. The molecule has 0 saturated carbocycles. The zero-order valence-electron chi connectivity index (χ0n) is 7.94. The van der Waals surface area contributed by atoms with E-state index in [2.05, 4.69) is 0 Å². The normalized spacial score (nSPS) is 8.00. The van der Waals surface area contributed by atoms with Gasteiger partial charge >= 0.3 is 59.1 Å². The van der Waals surface area contributed by atoms with Crippen LogP contribution in [0.15, 0.2) is 24.3 Å². The molecule has 0 bridgehead atoms. The Balaban J connectivity index is 0. The van der Waals surface area contributed by atoms with Gasteiger partial charge < -0.3 is 19.8 Å². The number of carbonyl (C=O) groups excluding carboxylic acids is 2. The van der Waals surface area contributed by atoms with Crippen LogP contribution in [0, 0.1) is 0 Å². The van der Waals surface area contributed by atoms with Gasteiger partial charge in [0.05, 0.1) is 11.9 Å². The first-order valence-corrected chi connectivity index (χ1v) is 3.14. The van der Waals surface area contributed by atoms with Gasteiger partial charge in [0.25, 0.3) is 0 Å². The van der Waals surface area contributed by atoms with Crippen LogP contribution >= 0.6 is 0 Å². The molecule has 0 aliphatic rings. The van der Waals surface area contributed by atoms with Gasteiger partial charge in [-0.3, -0.25) is 0 Å². The second-order valence-electron chi connectivity index (χ2n) is 2.16. The molecule has 0 aromatic heterocycles. The summed E-state index contributed by atoms with van der Waals surface area (Å²) in [5.41, 5.74) is -0.339. The zero-order valence-corrected chi connectivity index (χ0v) is 11.9. The summed E-state index contributed by atoms with van der Waals surface area (Å²) < 4.78 is 0. The second kappa shape index (κ2) is 7.45. The minimum atomic E-state index is -1.40. The van der Waals surface area contributed by atoms with E-state index in [9.17, 15) is 19.8 Å². The van der Waals surface area contributed by atoms with Crippen molar-refractivity contribution in [3.63, 3.8) is 0 Å². The molecule has 0 aliphatic carbocycles. The van der Waals surface area contributed by atoms with Crippen molar-refractivity contribution >= 4 is 11.9 Å². The minimum Gasteiger partial charge on any atom is -0.545 e. The molecule has 0 saturated heterocycles. The minimum absolute atomic E-state index is 0. The molecule has 0 heterocycles. The molecule has 0 aliphatic heterocycles. The van der Waals surface area contributed by atoms with Gasteiger partial charge in [-0.05, 0) is 17.2 Å². The number of rotatable bonds is 2. The fourth-order valence-corrected chi connectivity index (χ4v) is 0.773. The van der Waals surface area contributed by atoms with Gasteiger partial charge in [-0.25, -0.2) is 0 Å². The Hall–Kier alpha value is 0.160. The first-order chi connectivity index (χ1) is 5.61. The van der Waals surface area contributed by atoms with Crippen molar-refractivity contribution in [3.8, 4) is 0 Å². The number of carboxylic acid groups (broad SMARTS) is 2. The smallest absolute Gasteiger partial charge is 0.545 e. The molecule has 0 atom stereocenters. The van der Waals surface area contributed by atoms with Crippen LogP contribution in [0.25, 0.3) is 0 Å². The van der Waals surface area contributed by atoms with Crippen molar-refractivity contribution in [2.75, 3.05) is 0 Å². The number of benzene rings is 1. The monoisotopic (exact) mass is 210 g/mol. The van der Waals surface area contributed by atoms with E-state index < -0.39 is 11.9 Å². The van der Waals surface area contributed by atoms with Crippen LogP contribution in [-0.4, -0.2) is 11.9 Å². The molecule has 6 heteroatoms. The Labute approximate surface area is 125 Å². The van der Waals surface area contributed by atoms with Crippen LogP contribution in [0.2, 0.25) is 0 Å². The third kappa shape index (κ3) is 4.59. The van der Waals surface area contributed by atoms with Crippen molar-refractivity contribution in [3.05, 3.63) is 35.4 Å². The fraction of sp³-hybridized carbons (Fsp3) is 0. The maximum absolute atomic E-state index is 10.3. The number of hydrogen-bond donors (Lipinski definition) is 0. The van der Waals surface area contributed by atoms with E-state index in [1.54, 1.807) is 0 Å². The van der Waals surface area contributed by atoms with Crippen LogP contribution in [0.1, 0.15) is 20.7 Å². The van der Waals surface area contributed by atoms with E-state index in [-0.39, 0.29) is 70.2 Å². The van der Waals surface area contributed by atoms with Gasteiger partial charge in [0.15, 0.2) is 0 Å². The summed E-state index contributed by atoms with van der Waals surface area (Å²) in [7, 11) is 0. The Morgan fingerprint density at radius 3 is 1.57 bits per heavy atom. The third-order valence-electron chi connectivity index (χ3n) is 1.33. The average Bonchev–Trinajstić information content (AvgIpc) is 2.04. The third-order valence-corrected chi connectivity index (χ3v) is 1.33. The second-order valence-corrected chi connectivity index (χ2v) is 2.16. The van der Waals surface area contributed by atoms with Crippen molar-refractivity contribution in [1.82, 2.24) is 0 Å². The Morgan fingerprint density at radius 1 is 0.929 bits per heavy atom. The summed E-state index contributed by atoms with van der Waals surface area (Å²) in [6, 6.07) is 4.81. The molecule has 1 rings (SSSR count). The summed E-state index contributed by atoms with van der Waals surface area (Å²) in [6.45, 7) is 0. The van der Waals surface area contributed by atoms with Gasteiger partial charge in [0.2, 0.25) is 0 Å². The fourth-order valence-electron chi connectivity index (χ4n) is 0.773. The SMILES string of the molecule is O=C([O-])c1cccc(C(=O)[O-])c1.[Na+].[Na+]. The van der Waals surface area contributed by atoms with Crippen LogP contribution in [-0.2, 0) is 0 Å².